The van der Waals surface area contributed by atoms with Gasteiger partial charge in [-0.2, -0.15) is 0 Å². The third-order valence-corrected chi connectivity index (χ3v) is 6.28. The quantitative estimate of drug-likeness (QED) is 0.788. The van der Waals surface area contributed by atoms with Gasteiger partial charge >= 0.3 is 12.0 Å². The molecule has 26 heavy (non-hydrogen) atoms. The van der Waals surface area contributed by atoms with E-state index in [-0.39, 0.29) is 6.04 Å². The van der Waals surface area contributed by atoms with Gasteiger partial charge in [-0.05, 0) is 49.7 Å². The molecule has 0 radical (unpaired) electrons. The van der Waals surface area contributed by atoms with Crippen LogP contribution in [-0.2, 0) is 22.4 Å². The third kappa shape index (κ3) is 5.06. The molecule has 0 aromatic carbocycles. The van der Waals surface area contributed by atoms with E-state index in [9.17, 15) is 14.4 Å². The molecule has 7 heteroatoms. The fourth-order valence-electron chi connectivity index (χ4n) is 3.64. The number of fused-ring (bicyclic) bond motifs is 1. The van der Waals surface area contributed by atoms with E-state index in [0.717, 1.165) is 44.9 Å². The van der Waals surface area contributed by atoms with E-state index < -0.39 is 24.5 Å². The second-order valence-electron chi connectivity index (χ2n) is 7.34. The number of imide groups is 1. The summed E-state index contributed by atoms with van der Waals surface area (Å²) in [6.07, 6.45) is 8.40. The lowest BCUT2D eigenvalue weighted by Crippen LogP contribution is -2.46. The predicted molar refractivity (Wildman–Crippen MR) is 99.3 cm³/mol. The molecule has 2 aliphatic carbocycles. The molecule has 3 rings (SSSR count). The van der Waals surface area contributed by atoms with Crippen molar-refractivity contribution in [3.63, 3.8) is 0 Å². The Hall–Kier alpha value is -1.89. The highest BCUT2D eigenvalue weighted by Crippen LogP contribution is 2.32. The summed E-state index contributed by atoms with van der Waals surface area (Å²) in [7, 11) is 0. The fourth-order valence-corrected chi connectivity index (χ4v) is 4.74. The fraction of sp³-hybridized carbons (Fsp3) is 0.632. The highest BCUT2D eigenvalue weighted by molar-refractivity contribution is 7.14. The van der Waals surface area contributed by atoms with Crippen molar-refractivity contribution in [2.75, 3.05) is 6.61 Å². The SMILES string of the molecule is C[C@H]1CCc2sc(C(=O)OCC(=O)NC(=O)NC3CCCCC3)cc2C1. The lowest BCUT2D eigenvalue weighted by molar-refractivity contribution is -0.123. The molecule has 142 valence electrons. The number of carbonyl (C=O) groups is 3. The summed E-state index contributed by atoms with van der Waals surface area (Å²) in [6.45, 7) is 1.76. The zero-order valence-electron chi connectivity index (χ0n) is 15.1. The van der Waals surface area contributed by atoms with Gasteiger partial charge in [0.15, 0.2) is 6.61 Å². The van der Waals surface area contributed by atoms with E-state index in [1.807, 2.05) is 6.07 Å². The maximum Gasteiger partial charge on any atom is 0.348 e. The van der Waals surface area contributed by atoms with Crippen molar-refractivity contribution in [3.8, 4) is 0 Å². The van der Waals surface area contributed by atoms with Gasteiger partial charge in [0, 0.05) is 10.9 Å². The second-order valence-corrected chi connectivity index (χ2v) is 8.48. The first kappa shape index (κ1) is 18.9. The topological polar surface area (TPSA) is 84.5 Å². The number of ether oxygens (including phenoxy) is 1. The number of nitrogens with one attached hydrogen (secondary N) is 2. The zero-order valence-corrected chi connectivity index (χ0v) is 16.0. The van der Waals surface area contributed by atoms with Gasteiger partial charge in [-0.15, -0.1) is 11.3 Å². The largest absolute Gasteiger partial charge is 0.451 e. The van der Waals surface area contributed by atoms with Crippen LogP contribution in [0.5, 0.6) is 0 Å². The van der Waals surface area contributed by atoms with Crippen LogP contribution in [-0.4, -0.2) is 30.6 Å². The Morgan fingerprint density at radius 3 is 2.73 bits per heavy atom. The van der Waals surface area contributed by atoms with Crippen molar-refractivity contribution >= 4 is 29.2 Å². The van der Waals surface area contributed by atoms with Crippen LogP contribution in [0.15, 0.2) is 6.07 Å². The molecule has 1 fully saturated rings. The maximum absolute atomic E-state index is 12.2. The Labute approximate surface area is 157 Å². The van der Waals surface area contributed by atoms with E-state index in [1.54, 1.807) is 0 Å². The van der Waals surface area contributed by atoms with Gasteiger partial charge in [0.25, 0.3) is 5.91 Å². The zero-order chi connectivity index (χ0) is 18.5. The monoisotopic (exact) mass is 378 g/mol. The summed E-state index contributed by atoms with van der Waals surface area (Å²) in [5.41, 5.74) is 1.22. The van der Waals surface area contributed by atoms with Crippen LogP contribution in [0.25, 0.3) is 0 Å². The molecule has 0 saturated heterocycles. The molecule has 1 saturated carbocycles. The molecule has 0 aliphatic heterocycles. The average molecular weight is 378 g/mol. The number of rotatable bonds is 4. The van der Waals surface area contributed by atoms with Gasteiger partial charge in [0.05, 0.1) is 0 Å². The minimum Gasteiger partial charge on any atom is -0.451 e. The van der Waals surface area contributed by atoms with Crippen molar-refractivity contribution in [3.05, 3.63) is 21.4 Å². The average Bonchev–Trinajstić information content (AvgIpc) is 3.03. The Balaban J connectivity index is 1.42. The van der Waals surface area contributed by atoms with E-state index in [1.165, 1.54) is 28.2 Å². The number of hydrogen-bond acceptors (Lipinski definition) is 5. The van der Waals surface area contributed by atoms with E-state index >= 15 is 0 Å². The maximum atomic E-state index is 12.2. The minimum absolute atomic E-state index is 0.124. The van der Waals surface area contributed by atoms with Gasteiger partial charge < -0.3 is 10.1 Å². The molecule has 1 heterocycles. The summed E-state index contributed by atoms with van der Waals surface area (Å²) < 4.78 is 5.06. The molecule has 0 spiro atoms. The molecule has 2 aliphatic rings. The van der Waals surface area contributed by atoms with Crippen molar-refractivity contribution in [2.24, 2.45) is 5.92 Å². The van der Waals surface area contributed by atoms with Gasteiger partial charge in [-0.3, -0.25) is 10.1 Å². The Bertz CT molecular complexity index is 679. The molecular weight excluding hydrogens is 352 g/mol. The smallest absolute Gasteiger partial charge is 0.348 e. The summed E-state index contributed by atoms with van der Waals surface area (Å²) in [4.78, 5) is 37.6. The normalized spacial score (nSPS) is 20.1. The van der Waals surface area contributed by atoms with Gasteiger partial charge in [0.2, 0.25) is 0 Å². The number of thiophene rings is 1. The van der Waals surface area contributed by atoms with Crippen LogP contribution in [0.4, 0.5) is 4.79 Å². The lowest BCUT2D eigenvalue weighted by atomic mass is 9.90. The Morgan fingerprint density at radius 2 is 1.96 bits per heavy atom. The lowest BCUT2D eigenvalue weighted by Gasteiger charge is -2.22. The minimum atomic E-state index is -0.610. The number of hydrogen-bond donors (Lipinski definition) is 2. The second kappa shape index (κ2) is 8.66. The van der Waals surface area contributed by atoms with Crippen molar-refractivity contribution in [2.45, 2.75) is 64.3 Å². The van der Waals surface area contributed by atoms with E-state index in [2.05, 4.69) is 17.6 Å². The first-order valence-corrected chi connectivity index (χ1v) is 10.2. The highest BCUT2D eigenvalue weighted by atomic mass is 32.1. The number of esters is 1. The molecule has 1 aromatic heterocycles. The number of aryl methyl sites for hydroxylation is 1. The summed E-state index contributed by atoms with van der Waals surface area (Å²) in [5.74, 6) is -0.476. The number of urea groups is 1. The van der Waals surface area contributed by atoms with Crippen LogP contribution in [0, 0.1) is 5.92 Å². The van der Waals surface area contributed by atoms with E-state index in [4.69, 9.17) is 4.74 Å². The first-order chi connectivity index (χ1) is 12.5. The van der Waals surface area contributed by atoms with Gasteiger partial charge in [-0.25, -0.2) is 9.59 Å². The predicted octanol–water partition coefficient (Wildman–Crippen LogP) is 3.19. The van der Waals surface area contributed by atoms with E-state index in [0.29, 0.717) is 10.8 Å². The summed E-state index contributed by atoms with van der Waals surface area (Å²) >= 11 is 1.45. The van der Waals surface area contributed by atoms with Crippen molar-refractivity contribution in [1.29, 1.82) is 0 Å². The molecule has 1 atom stereocenters. The summed E-state index contributed by atoms with van der Waals surface area (Å²) in [6, 6.07) is 1.49. The summed E-state index contributed by atoms with van der Waals surface area (Å²) in [5, 5.41) is 5.02. The highest BCUT2D eigenvalue weighted by Gasteiger charge is 2.22. The third-order valence-electron chi connectivity index (χ3n) is 5.06. The van der Waals surface area contributed by atoms with Gasteiger partial charge in [-0.1, -0.05) is 26.2 Å². The van der Waals surface area contributed by atoms with Crippen molar-refractivity contribution in [1.82, 2.24) is 10.6 Å². The first-order valence-electron chi connectivity index (χ1n) is 9.40. The molecule has 0 unspecified atom stereocenters. The van der Waals surface area contributed by atoms with Gasteiger partial charge in [0.1, 0.15) is 4.88 Å². The van der Waals surface area contributed by atoms with Crippen LogP contribution in [0.3, 0.4) is 0 Å². The molecule has 2 N–H and O–H groups in total. The van der Waals surface area contributed by atoms with Crippen LogP contribution in [0.1, 0.15) is 65.6 Å². The molecule has 1 aromatic rings. The van der Waals surface area contributed by atoms with Crippen LogP contribution in [0.2, 0.25) is 0 Å². The molecule has 0 bridgehead atoms. The molecule has 3 amide bonds. The number of amides is 3. The number of carbonyl (C=O) groups excluding carboxylic acids is 3. The van der Waals surface area contributed by atoms with Crippen LogP contribution < -0.4 is 10.6 Å². The van der Waals surface area contributed by atoms with Crippen molar-refractivity contribution < 1.29 is 19.1 Å². The Kier molecular flexibility index (Phi) is 6.29. The van der Waals surface area contributed by atoms with Crippen LogP contribution >= 0.6 is 11.3 Å². The Morgan fingerprint density at radius 1 is 1.19 bits per heavy atom. The molecular formula is C19H26N2O4S. The molecule has 6 nitrogen and oxygen atoms in total. The standard InChI is InChI=1S/C19H26N2O4S/c1-12-7-8-15-13(9-12)10-16(26-15)18(23)25-11-17(22)21-19(24)20-14-5-3-2-4-6-14/h10,12,14H,2-9,11H2,1H3,(H2,20,21,22,24)/t12-/m0/s1.